The molecule has 0 amide bonds. The Bertz CT molecular complexity index is 750. The molecule has 0 saturated heterocycles. The van der Waals surface area contributed by atoms with Crippen LogP contribution in [-0.4, -0.2) is 0 Å². The molecule has 0 aromatic heterocycles. The predicted octanol–water partition coefficient (Wildman–Crippen LogP) is 6.45. The smallest absolute Gasteiger partial charge is 0.0103 e. The highest BCUT2D eigenvalue weighted by atomic mass is 14.1. The summed E-state index contributed by atoms with van der Waals surface area (Å²) in [6.07, 6.45) is 0. The Balaban J connectivity index is 2.11. The van der Waals surface area contributed by atoms with Gasteiger partial charge < -0.3 is 0 Å². The van der Waals surface area contributed by atoms with Crippen molar-refractivity contribution in [3.05, 3.63) is 83.9 Å². The molecule has 0 aliphatic carbocycles. The molecule has 0 heterocycles. The minimum absolute atomic E-state index is 0.570. The molecule has 0 heteroatoms. The van der Waals surface area contributed by atoms with Crippen molar-refractivity contribution in [1.29, 1.82) is 0 Å². The van der Waals surface area contributed by atoms with Gasteiger partial charge in [-0.3, -0.25) is 0 Å². The third-order valence-electron chi connectivity index (χ3n) is 4.15. The quantitative estimate of drug-likeness (QED) is 0.519. The average Bonchev–Trinajstić information content (AvgIpc) is 2.55. The van der Waals surface area contributed by atoms with Crippen LogP contribution in [0.5, 0.6) is 0 Å². The molecule has 3 rings (SSSR count). The largest absolute Gasteiger partial charge is 0.0622 e. The van der Waals surface area contributed by atoms with Crippen LogP contribution in [0.25, 0.3) is 22.3 Å². The fourth-order valence-corrected chi connectivity index (χ4v) is 2.81. The van der Waals surface area contributed by atoms with E-state index in [4.69, 9.17) is 0 Å². The first kappa shape index (κ1) is 14.6. The van der Waals surface area contributed by atoms with Crippen molar-refractivity contribution in [2.45, 2.75) is 26.7 Å². The Morgan fingerprint density at radius 1 is 0.636 bits per heavy atom. The second kappa shape index (κ2) is 6.19. The molecule has 0 atom stereocenters. The summed E-state index contributed by atoms with van der Waals surface area (Å²) in [7, 11) is 0. The molecule has 0 saturated carbocycles. The van der Waals surface area contributed by atoms with Crippen molar-refractivity contribution >= 4 is 0 Å². The first-order valence-corrected chi connectivity index (χ1v) is 7.91. The average molecular weight is 286 g/mol. The van der Waals surface area contributed by atoms with Crippen molar-refractivity contribution < 1.29 is 0 Å². The van der Waals surface area contributed by atoms with E-state index in [1.165, 1.54) is 33.4 Å². The van der Waals surface area contributed by atoms with E-state index in [2.05, 4.69) is 93.6 Å². The van der Waals surface area contributed by atoms with Gasteiger partial charge in [-0.05, 0) is 40.7 Å². The number of rotatable bonds is 3. The van der Waals surface area contributed by atoms with Gasteiger partial charge in [0, 0.05) is 0 Å². The van der Waals surface area contributed by atoms with E-state index in [-0.39, 0.29) is 0 Å². The van der Waals surface area contributed by atoms with Gasteiger partial charge in [-0.1, -0.05) is 92.2 Å². The topological polar surface area (TPSA) is 0 Å². The predicted molar refractivity (Wildman–Crippen MR) is 96.1 cm³/mol. The molecule has 0 radical (unpaired) electrons. The molecule has 0 N–H and O–H groups in total. The zero-order valence-electron chi connectivity index (χ0n) is 13.5. The molecular weight excluding hydrogens is 264 g/mol. The fraction of sp³-hybridized carbons (Fsp3) is 0.182. The monoisotopic (exact) mass is 286 g/mol. The highest BCUT2D eigenvalue weighted by molar-refractivity contribution is 5.83. The van der Waals surface area contributed by atoms with Gasteiger partial charge in [-0.15, -0.1) is 0 Å². The molecule has 3 aromatic rings. The summed E-state index contributed by atoms with van der Waals surface area (Å²) in [6, 6.07) is 26.3. The molecule has 0 nitrogen and oxygen atoms in total. The number of aryl methyl sites for hydroxylation is 1. The summed E-state index contributed by atoms with van der Waals surface area (Å²) in [5.74, 6) is 0.570. The van der Waals surface area contributed by atoms with Gasteiger partial charge in [0.2, 0.25) is 0 Å². The van der Waals surface area contributed by atoms with E-state index in [1.54, 1.807) is 0 Å². The maximum atomic E-state index is 2.28. The summed E-state index contributed by atoms with van der Waals surface area (Å²) in [5.41, 5.74) is 7.84. The van der Waals surface area contributed by atoms with Gasteiger partial charge in [0.1, 0.15) is 0 Å². The van der Waals surface area contributed by atoms with Crippen molar-refractivity contribution in [2.24, 2.45) is 0 Å². The minimum atomic E-state index is 0.570. The zero-order valence-corrected chi connectivity index (χ0v) is 13.5. The third kappa shape index (κ3) is 2.96. The Hall–Kier alpha value is -2.34. The standard InChI is InChI=1S/C22H22/c1-16(2)18-10-12-20(13-11-18)22-15-17(3)9-14-21(22)19-7-5-4-6-8-19/h4-16H,1-3H3. The summed E-state index contributed by atoms with van der Waals surface area (Å²) < 4.78 is 0. The van der Waals surface area contributed by atoms with E-state index in [1.807, 2.05) is 0 Å². The zero-order chi connectivity index (χ0) is 15.5. The van der Waals surface area contributed by atoms with E-state index < -0.39 is 0 Å². The molecule has 0 aliphatic heterocycles. The molecular formula is C22H22. The van der Waals surface area contributed by atoms with Gasteiger partial charge in [0.25, 0.3) is 0 Å². The van der Waals surface area contributed by atoms with Crippen molar-refractivity contribution in [3.63, 3.8) is 0 Å². The van der Waals surface area contributed by atoms with Crippen LogP contribution < -0.4 is 0 Å². The summed E-state index contributed by atoms with van der Waals surface area (Å²) >= 11 is 0. The lowest BCUT2D eigenvalue weighted by Crippen LogP contribution is -1.89. The van der Waals surface area contributed by atoms with E-state index in [0.717, 1.165) is 0 Å². The molecule has 110 valence electrons. The first-order chi connectivity index (χ1) is 10.6. The van der Waals surface area contributed by atoms with Crippen molar-refractivity contribution in [3.8, 4) is 22.3 Å². The molecule has 0 bridgehead atoms. The lowest BCUT2D eigenvalue weighted by atomic mass is 9.92. The molecule has 0 unspecified atom stereocenters. The highest BCUT2D eigenvalue weighted by Crippen LogP contribution is 2.33. The van der Waals surface area contributed by atoms with Gasteiger partial charge >= 0.3 is 0 Å². The van der Waals surface area contributed by atoms with Gasteiger partial charge in [0.15, 0.2) is 0 Å². The van der Waals surface area contributed by atoms with Crippen LogP contribution in [0, 0.1) is 6.92 Å². The van der Waals surface area contributed by atoms with Crippen LogP contribution in [0.3, 0.4) is 0 Å². The Morgan fingerprint density at radius 2 is 1.27 bits per heavy atom. The normalized spacial score (nSPS) is 10.9. The first-order valence-electron chi connectivity index (χ1n) is 7.91. The summed E-state index contributed by atoms with van der Waals surface area (Å²) in [5, 5.41) is 0. The molecule has 0 spiro atoms. The van der Waals surface area contributed by atoms with E-state index in [0.29, 0.717) is 5.92 Å². The van der Waals surface area contributed by atoms with Gasteiger partial charge in [-0.2, -0.15) is 0 Å². The van der Waals surface area contributed by atoms with E-state index in [9.17, 15) is 0 Å². The number of benzene rings is 3. The SMILES string of the molecule is Cc1ccc(-c2ccccc2)c(-c2ccc(C(C)C)cc2)c1. The third-order valence-corrected chi connectivity index (χ3v) is 4.15. The Morgan fingerprint density at radius 3 is 1.91 bits per heavy atom. The van der Waals surface area contributed by atoms with Crippen molar-refractivity contribution in [2.75, 3.05) is 0 Å². The minimum Gasteiger partial charge on any atom is -0.0622 e. The second-order valence-corrected chi connectivity index (χ2v) is 6.19. The lowest BCUT2D eigenvalue weighted by molar-refractivity contribution is 0.867. The molecule has 0 fully saturated rings. The van der Waals surface area contributed by atoms with Crippen LogP contribution in [-0.2, 0) is 0 Å². The van der Waals surface area contributed by atoms with Crippen LogP contribution in [0.15, 0.2) is 72.8 Å². The molecule has 0 aliphatic rings. The van der Waals surface area contributed by atoms with E-state index >= 15 is 0 Å². The van der Waals surface area contributed by atoms with Crippen LogP contribution in [0.2, 0.25) is 0 Å². The number of hydrogen-bond donors (Lipinski definition) is 0. The molecule has 22 heavy (non-hydrogen) atoms. The summed E-state index contributed by atoms with van der Waals surface area (Å²) in [4.78, 5) is 0. The van der Waals surface area contributed by atoms with Gasteiger partial charge in [-0.25, -0.2) is 0 Å². The summed E-state index contributed by atoms with van der Waals surface area (Å²) in [6.45, 7) is 6.62. The second-order valence-electron chi connectivity index (χ2n) is 6.19. The maximum Gasteiger partial charge on any atom is -0.0103 e. The maximum absolute atomic E-state index is 2.28. The van der Waals surface area contributed by atoms with Crippen LogP contribution in [0.1, 0.15) is 30.9 Å². The highest BCUT2D eigenvalue weighted by Gasteiger charge is 2.08. The number of hydrogen-bond acceptors (Lipinski definition) is 0. The Kier molecular flexibility index (Phi) is 4.11. The lowest BCUT2D eigenvalue weighted by Gasteiger charge is -2.13. The van der Waals surface area contributed by atoms with Gasteiger partial charge in [0.05, 0.1) is 0 Å². The van der Waals surface area contributed by atoms with Crippen LogP contribution >= 0.6 is 0 Å². The van der Waals surface area contributed by atoms with Crippen LogP contribution in [0.4, 0.5) is 0 Å². The fourth-order valence-electron chi connectivity index (χ4n) is 2.81. The van der Waals surface area contributed by atoms with Crippen molar-refractivity contribution in [1.82, 2.24) is 0 Å². The Labute approximate surface area is 133 Å². The molecule has 3 aromatic carbocycles.